The van der Waals surface area contributed by atoms with Crippen LogP contribution in [0.2, 0.25) is 5.15 Å². The van der Waals surface area contributed by atoms with Crippen molar-refractivity contribution in [1.82, 2.24) is 10.3 Å². The Morgan fingerprint density at radius 2 is 2.00 bits per heavy atom. The lowest BCUT2D eigenvalue weighted by Gasteiger charge is -2.43. The van der Waals surface area contributed by atoms with Gasteiger partial charge in [0.1, 0.15) is 16.4 Å². The number of rotatable bonds is 1. The van der Waals surface area contributed by atoms with Crippen molar-refractivity contribution in [1.29, 1.82) is 0 Å². The topological polar surface area (TPSA) is 72.8 Å². The molecular formula is C22H14BrClFN3O3. The lowest BCUT2D eigenvalue weighted by Crippen LogP contribution is -2.53. The molecule has 2 aliphatic heterocycles. The zero-order chi connectivity index (χ0) is 21.6. The third-order valence-electron chi connectivity index (χ3n) is 5.23. The van der Waals surface area contributed by atoms with Gasteiger partial charge in [-0.05, 0) is 36.4 Å². The number of nitrogens with zero attached hydrogens (tertiary/aromatic N) is 2. The highest BCUT2D eigenvalue weighted by Crippen LogP contribution is 2.51. The summed E-state index contributed by atoms with van der Waals surface area (Å²) in [4.78, 5) is 20.4. The van der Waals surface area contributed by atoms with Gasteiger partial charge in [0.05, 0.1) is 6.61 Å². The lowest BCUT2D eigenvalue weighted by atomic mass is 9.77. The van der Waals surface area contributed by atoms with Gasteiger partial charge >= 0.3 is 0 Å². The van der Waals surface area contributed by atoms with Gasteiger partial charge in [0, 0.05) is 27.6 Å². The molecule has 6 nitrogen and oxygen atoms in total. The Bertz CT molecular complexity index is 1240. The molecule has 1 amide bonds. The molecule has 0 bridgehead atoms. The normalized spacial score (nSPS) is 20.3. The van der Waals surface area contributed by atoms with Crippen LogP contribution in [0, 0.1) is 5.95 Å². The molecule has 2 aliphatic rings. The molecule has 2 aromatic carbocycles. The smallest absolute Gasteiger partial charge is 0.293 e. The van der Waals surface area contributed by atoms with Gasteiger partial charge < -0.3 is 14.8 Å². The average Bonchev–Trinajstić information content (AvgIpc) is 2.76. The molecule has 5 rings (SSSR count). The van der Waals surface area contributed by atoms with E-state index in [1.165, 1.54) is 0 Å². The largest absolute Gasteiger partial charge is 0.465 e. The highest BCUT2D eigenvalue weighted by molar-refractivity contribution is 9.10. The van der Waals surface area contributed by atoms with Gasteiger partial charge in [-0.15, -0.1) is 0 Å². The van der Waals surface area contributed by atoms with Gasteiger partial charge in [-0.1, -0.05) is 45.7 Å². The van der Waals surface area contributed by atoms with Crippen LogP contribution in [0.25, 0.3) is 0 Å². The van der Waals surface area contributed by atoms with Crippen molar-refractivity contribution in [2.75, 3.05) is 6.61 Å². The predicted octanol–water partition coefficient (Wildman–Crippen LogP) is 5.19. The maximum atomic E-state index is 14.7. The van der Waals surface area contributed by atoms with E-state index in [4.69, 9.17) is 21.1 Å². The number of carbonyl (C=O) groups is 1. The molecule has 31 heavy (non-hydrogen) atoms. The highest BCUT2D eigenvalue weighted by atomic mass is 79.9. The number of pyridine rings is 1. The number of aromatic nitrogens is 1. The van der Waals surface area contributed by atoms with Crippen molar-refractivity contribution >= 4 is 39.5 Å². The summed E-state index contributed by atoms with van der Waals surface area (Å²) >= 11 is 9.57. The average molecular weight is 503 g/mol. The van der Waals surface area contributed by atoms with E-state index in [0.717, 1.165) is 10.0 Å². The zero-order valence-electron chi connectivity index (χ0n) is 15.9. The number of aliphatic imine (C=N–C) groups is 1. The Morgan fingerprint density at radius 3 is 2.81 bits per heavy atom. The summed E-state index contributed by atoms with van der Waals surface area (Å²) in [6, 6.07) is 15.7. The lowest BCUT2D eigenvalue weighted by molar-refractivity contribution is 0.0992. The first-order valence-corrected chi connectivity index (χ1v) is 10.6. The van der Waals surface area contributed by atoms with Gasteiger partial charge in [-0.25, -0.2) is 4.98 Å². The van der Waals surface area contributed by atoms with Gasteiger partial charge in [-0.2, -0.15) is 9.38 Å². The summed E-state index contributed by atoms with van der Waals surface area (Å²) in [5, 5.41) is 3.21. The number of nitrogens with one attached hydrogen (secondary N) is 1. The Labute approximate surface area is 190 Å². The molecular weight excluding hydrogens is 489 g/mol. The second-order valence-electron chi connectivity index (χ2n) is 7.07. The van der Waals surface area contributed by atoms with E-state index >= 15 is 0 Å². The fraction of sp³-hybridized carbons (Fsp3) is 0.136. The molecule has 1 atom stereocenters. The SMILES string of the molecule is O=C(/N=C1/N[C@@]2(CCO1)c1cc(Br)ccc1Oc1c2cc(Cl)nc1F)c1ccccc1. The molecule has 1 spiro atoms. The van der Waals surface area contributed by atoms with Crippen LogP contribution in [0.5, 0.6) is 11.5 Å². The number of carbonyl (C=O) groups excluding carboxylic acids is 1. The molecule has 9 heteroatoms. The van der Waals surface area contributed by atoms with Crippen LogP contribution in [0.4, 0.5) is 4.39 Å². The van der Waals surface area contributed by atoms with Crippen molar-refractivity contribution in [3.05, 3.63) is 86.9 Å². The van der Waals surface area contributed by atoms with Gasteiger partial charge in [0.2, 0.25) is 0 Å². The maximum absolute atomic E-state index is 14.7. The van der Waals surface area contributed by atoms with E-state index in [1.807, 2.05) is 12.1 Å². The Hall–Kier alpha value is -2.97. The molecule has 0 saturated carbocycles. The summed E-state index contributed by atoms with van der Waals surface area (Å²) in [5.74, 6) is -0.840. The first-order chi connectivity index (χ1) is 15.0. The van der Waals surface area contributed by atoms with Crippen LogP contribution < -0.4 is 10.1 Å². The Kier molecular flexibility index (Phi) is 4.91. The minimum absolute atomic E-state index is 0.00943. The van der Waals surface area contributed by atoms with Crippen molar-refractivity contribution in [2.45, 2.75) is 12.0 Å². The Balaban J connectivity index is 1.65. The number of hydrogen-bond acceptors (Lipinski definition) is 4. The fourth-order valence-corrected chi connectivity index (χ4v) is 4.39. The number of amides is 1. The number of ether oxygens (including phenoxy) is 2. The molecule has 3 aromatic rings. The standard InChI is InChI=1S/C22H14BrClFN3O3/c23-13-6-7-16-14(10-13)22(15-11-17(24)26-19(25)18(15)31-16)8-9-30-21(28-22)27-20(29)12-4-2-1-3-5-12/h1-7,10-11H,8-9H2,(H,27,28,29)/t22-/m0/s1. The minimum Gasteiger partial charge on any atom is -0.465 e. The van der Waals surface area contributed by atoms with Crippen molar-refractivity contribution in [3.63, 3.8) is 0 Å². The van der Waals surface area contributed by atoms with Gasteiger partial charge in [0.25, 0.3) is 17.9 Å². The first-order valence-electron chi connectivity index (χ1n) is 9.40. The second kappa shape index (κ2) is 7.62. The maximum Gasteiger partial charge on any atom is 0.293 e. The summed E-state index contributed by atoms with van der Waals surface area (Å²) in [6.45, 7) is 0.237. The second-order valence-corrected chi connectivity index (χ2v) is 8.37. The predicted molar refractivity (Wildman–Crippen MR) is 116 cm³/mol. The number of benzene rings is 2. The number of amidine groups is 1. The molecule has 0 unspecified atom stereocenters. The minimum atomic E-state index is -0.978. The Morgan fingerprint density at radius 1 is 1.19 bits per heavy atom. The third-order valence-corrected chi connectivity index (χ3v) is 5.92. The van der Waals surface area contributed by atoms with Crippen LogP contribution >= 0.6 is 27.5 Å². The molecule has 1 fully saturated rings. The number of halogens is 3. The van der Waals surface area contributed by atoms with Crippen LogP contribution in [0.1, 0.15) is 27.9 Å². The molecule has 1 aromatic heterocycles. The van der Waals surface area contributed by atoms with E-state index in [1.54, 1.807) is 42.5 Å². The summed E-state index contributed by atoms with van der Waals surface area (Å²) in [6.07, 6.45) is 0.422. The first kappa shape index (κ1) is 20.0. The summed E-state index contributed by atoms with van der Waals surface area (Å²) < 4.78 is 27.0. The van der Waals surface area contributed by atoms with Crippen LogP contribution in [-0.4, -0.2) is 23.5 Å². The van der Waals surface area contributed by atoms with Crippen molar-refractivity contribution < 1.29 is 18.7 Å². The zero-order valence-corrected chi connectivity index (χ0v) is 18.2. The third kappa shape index (κ3) is 3.45. The van der Waals surface area contributed by atoms with Crippen LogP contribution in [0.15, 0.2) is 64.1 Å². The van der Waals surface area contributed by atoms with Crippen molar-refractivity contribution in [2.24, 2.45) is 4.99 Å². The molecule has 1 saturated heterocycles. The highest BCUT2D eigenvalue weighted by Gasteiger charge is 2.47. The van der Waals surface area contributed by atoms with E-state index < -0.39 is 17.4 Å². The van der Waals surface area contributed by atoms with Crippen molar-refractivity contribution in [3.8, 4) is 11.5 Å². The molecule has 156 valence electrons. The molecule has 1 N–H and O–H groups in total. The van der Waals surface area contributed by atoms with E-state index in [9.17, 15) is 9.18 Å². The van der Waals surface area contributed by atoms with E-state index in [2.05, 4.69) is 31.2 Å². The summed E-state index contributed by atoms with van der Waals surface area (Å²) in [5.41, 5.74) is 0.639. The molecule has 3 heterocycles. The number of fused-ring (bicyclic) bond motifs is 4. The van der Waals surface area contributed by atoms with Gasteiger partial charge in [0.15, 0.2) is 5.75 Å². The van der Waals surface area contributed by atoms with E-state index in [0.29, 0.717) is 23.3 Å². The monoisotopic (exact) mass is 501 g/mol. The number of hydrogen-bond donors (Lipinski definition) is 1. The quantitative estimate of drug-likeness (QED) is 0.464. The summed E-state index contributed by atoms with van der Waals surface area (Å²) in [7, 11) is 0. The molecule has 0 radical (unpaired) electrons. The fourth-order valence-electron chi connectivity index (χ4n) is 3.85. The van der Waals surface area contributed by atoms with Crippen LogP contribution in [-0.2, 0) is 10.3 Å². The molecule has 0 aliphatic carbocycles. The van der Waals surface area contributed by atoms with Crippen LogP contribution in [0.3, 0.4) is 0 Å². The van der Waals surface area contributed by atoms with Gasteiger partial charge in [-0.3, -0.25) is 4.79 Å². The van der Waals surface area contributed by atoms with E-state index in [-0.39, 0.29) is 23.5 Å².